The van der Waals surface area contributed by atoms with Crippen LogP contribution in [0.3, 0.4) is 0 Å². The average molecular weight is 207 g/mol. The first-order chi connectivity index (χ1) is 6.25. The van der Waals surface area contributed by atoms with Gasteiger partial charge in [-0.15, -0.1) is 0 Å². The van der Waals surface area contributed by atoms with E-state index in [1.165, 1.54) is 19.4 Å². The molecule has 0 amide bonds. The van der Waals surface area contributed by atoms with E-state index >= 15 is 0 Å². The lowest BCUT2D eigenvalue weighted by Crippen LogP contribution is -2.33. The summed E-state index contributed by atoms with van der Waals surface area (Å²) in [5.41, 5.74) is 0. The summed E-state index contributed by atoms with van der Waals surface area (Å²) in [5.74, 6) is 0. The molecule has 1 rings (SSSR count). The minimum absolute atomic E-state index is 0.557. The first kappa shape index (κ1) is 12.6. The summed E-state index contributed by atoms with van der Waals surface area (Å²) in [4.78, 5) is 4.61. The number of hydrogen-bond acceptors (Lipinski definition) is 3. The molecule has 1 unspecified atom stereocenters. The zero-order valence-corrected chi connectivity index (χ0v) is 9.33. The van der Waals surface area contributed by atoms with Crippen molar-refractivity contribution in [2.75, 3.05) is 13.6 Å². The van der Waals surface area contributed by atoms with Gasteiger partial charge in [-0.25, -0.2) is 0 Å². The maximum Gasteiger partial charge on any atom is 0.0974 e. The molecule has 13 heavy (non-hydrogen) atoms. The normalized spacial score (nSPS) is 20.2. The van der Waals surface area contributed by atoms with Crippen molar-refractivity contribution in [2.45, 2.75) is 32.9 Å². The minimum atomic E-state index is 0.557. The predicted octanol–water partition coefficient (Wildman–Crippen LogP) is 1.98. The van der Waals surface area contributed by atoms with Crippen LogP contribution in [0, 0.1) is 0 Å². The minimum Gasteiger partial charge on any atom is -0.359 e. The highest BCUT2D eigenvalue weighted by molar-refractivity contribution is 6.04. The monoisotopic (exact) mass is 206 g/mol. The van der Waals surface area contributed by atoms with Crippen molar-refractivity contribution in [2.24, 2.45) is 0 Å². The topological polar surface area (TPSA) is 26.7 Å². The molecule has 0 aromatic heterocycles. The van der Waals surface area contributed by atoms with E-state index in [0.717, 1.165) is 0 Å². The van der Waals surface area contributed by atoms with Gasteiger partial charge in [0.05, 0.1) is 18.0 Å². The van der Waals surface area contributed by atoms with Gasteiger partial charge in [-0.2, -0.15) is 0 Å². The van der Waals surface area contributed by atoms with E-state index in [-0.39, 0.29) is 0 Å². The molecule has 3 nitrogen and oxygen atoms in total. The maximum atomic E-state index is 6.47. The second kappa shape index (κ2) is 7.04. The third-order valence-corrected chi connectivity index (χ3v) is 2.33. The molecule has 1 heterocycles. The summed E-state index contributed by atoms with van der Waals surface area (Å²) >= 11 is 3.64. The molecule has 1 atom stereocenters. The first-order valence-electron chi connectivity index (χ1n) is 4.58. The Balaban J connectivity index is 0.000000671. The van der Waals surface area contributed by atoms with Crippen LogP contribution in [0.2, 0.25) is 0 Å². The maximum absolute atomic E-state index is 6.47. The molecule has 0 fully saturated rings. The van der Waals surface area contributed by atoms with E-state index in [9.17, 15) is 0 Å². The van der Waals surface area contributed by atoms with Gasteiger partial charge in [0.2, 0.25) is 0 Å². The Morgan fingerprint density at radius 3 is 2.38 bits per heavy atom. The highest BCUT2D eigenvalue weighted by atomic mass is 35.5. The third-order valence-electron chi connectivity index (χ3n) is 2.33. The van der Waals surface area contributed by atoms with E-state index in [1.54, 1.807) is 0 Å². The molecule has 0 aliphatic carbocycles. The van der Waals surface area contributed by atoms with Gasteiger partial charge in [-0.05, 0) is 13.3 Å². The average Bonchev–Trinajstić information content (AvgIpc) is 2.48. The van der Waals surface area contributed by atoms with Crippen molar-refractivity contribution >= 4 is 11.9 Å². The second-order valence-electron chi connectivity index (χ2n) is 3.19. The number of hydrogen-bond donors (Lipinski definition) is 1. The van der Waals surface area contributed by atoms with Crippen LogP contribution < -0.4 is 0 Å². The van der Waals surface area contributed by atoms with Crippen molar-refractivity contribution in [3.63, 3.8) is 0 Å². The predicted molar refractivity (Wildman–Crippen MR) is 56.1 cm³/mol. The van der Waals surface area contributed by atoms with E-state index in [2.05, 4.69) is 55.0 Å². The van der Waals surface area contributed by atoms with Crippen LogP contribution in [0.1, 0.15) is 26.7 Å². The van der Waals surface area contributed by atoms with Crippen LogP contribution in [0.25, 0.3) is 0 Å². The van der Waals surface area contributed by atoms with Crippen LogP contribution in [0.15, 0.2) is 12.4 Å². The Kier molecular flexibility index (Phi) is 6.82. The molecule has 0 bridgehead atoms. The van der Waals surface area contributed by atoms with Gasteiger partial charge >= 0.3 is 0 Å². The SMILES string of the molecule is CCCCN1C=CN(C)C1C.OCl. The molecule has 1 aliphatic heterocycles. The highest BCUT2D eigenvalue weighted by Crippen LogP contribution is 2.13. The molecule has 0 saturated heterocycles. The first-order valence-corrected chi connectivity index (χ1v) is 4.92. The van der Waals surface area contributed by atoms with Crippen LogP contribution >= 0.6 is 11.9 Å². The lowest BCUT2D eigenvalue weighted by Gasteiger charge is -2.26. The second-order valence-corrected chi connectivity index (χ2v) is 3.19. The Hall–Kier alpha value is -0.410. The van der Waals surface area contributed by atoms with Crippen LogP contribution in [0.5, 0.6) is 0 Å². The summed E-state index contributed by atoms with van der Waals surface area (Å²) in [6.07, 6.45) is 7.45. The highest BCUT2D eigenvalue weighted by Gasteiger charge is 2.16. The van der Waals surface area contributed by atoms with Gasteiger partial charge < -0.3 is 9.80 Å². The molecule has 0 spiro atoms. The number of nitrogens with zero attached hydrogens (tertiary/aromatic N) is 2. The number of rotatable bonds is 3. The molecule has 1 N–H and O–H groups in total. The standard InChI is InChI=1S/C9H18N2.ClHO/c1-4-5-6-11-8-7-10(3)9(11)2;1-2/h7-9H,4-6H2,1-3H3;2H. The summed E-state index contributed by atoms with van der Waals surface area (Å²) in [7, 11) is 2.12. The molecular weight excluding hydrogens is 188 g/mol. The number of halogens is 1. The lowest BCUT2D eigenvalue weighted by molar-refractivity contribution is 0.193. The van der Waals surface area contributed by atoms with E-state index in [4.69, 9.17) is 4.66 Å². The molecular formula is C9H19ClN2O. The fourth-order valence-corrected chi connectivity index (χ4v) is 1.28. The Morgan fingerprint density at radius 2 is 2.00 bits per heavy atom. The van der Waals surface area contributed by atoms with Crippen LogP contribution in [-0.2, 0) is 0 Å². The Bertz CT molecular complexity index is 153. The van der Waals surface area contributed by atoms with Gasteiger partial charge in [0.15, 0.2) is 0 Å². The molecule has 0 saturated carbocycles. The zero-order valence-electron chi connectivity index (χ0n) is 8.57. The van der Waals surface area contributed by atoms with Crippen LogP contribution in [0.4, 0.5) is 0 Å². The molecule has 0 aromatic carbocycles. The van der Waals surface area contributed by atoms with E-state index in [0.29, 0.717) is 6.17 Å². The quantitative estimate of drug-likeness (QED) is 0.765. The van der Waals surface area contributed by atoms with Gasteiger partial charge in [0, 0.05) is 26.0 Å². The summed E-state index contributed by atoms with van der Waals surface area (Å²) in [5, 5.41) is 0. The van der Waals surface area contributed by atoms with Crippen molar-refractivity contribution in [3.8, 4) is 0 Å². The Morgan fingerprint density at radius 1 is 1.38 bits per heavy atom. The summed E-state index contributed by atoms with van der Waals surface area (Å²) in [6.45, 7) is 5.66. The smallest absolute Gasteiger partial charge is 0.0974 e. The van der Waals surface area contributed by atoms with Crippen LogP contribution in [-0.4, -0.2) is 34.2 Å². The van der Waals surface area contributed by atoms with Gasteiger partial charge in [-0.1, -0.05) is 13.3 Å². The molecule has 1 aliphatic rings. The van der Waals surface area contributed by atoms with Crippen molar-refractivity contribution in [1.82, 2.24) is 9.80 Å². The molecule has 0 aromatic rings. The van der Waals surface area contributed by atoms with E-state index in [1.807, 2.05) is 0 Å². The molecule has 4 heteroatoms. The Labute approximate surface area is 85.8 Å². The van der Waals surface area contributed by atoms with Gasteiger partial charge in [0.1, 0.15) is 0 Å². The third kappa shape index (κ3) is 3.87. The van der Waals surface area contributed by atoms with Crippen molar-refractivity contribution in [3.05, 3.63) is 12.4 Å². The fraction of sp³-hybridized carbons (Fsp3) is 0.778. The number of unbranched alkanes of at least 4 members (excludes halogenated alkanes) is 1. The summed E-state index contributed by atoms with van der Waals surface area (Å²) < 4.78 is 6.47. The molecule has 0 radical (unpaired) electrons. The largest absolute Gasteiger partial charge is 0.359 e. The summed E-state index contributed by atoms with van der Waals surface area (Å²) in [6, 6.07) is 0. The van der Waals surface area contributed by atoms with Crippen molar-refractivity contribution < 1.29 is 4.66 Å². The molecule has 78 valence electrons. The zero-order chi connectivity index (χ0) is 10.3. The van der Waals surface area contributed by atoms with Gasteiger partial charge in [0.25, 0.3) is 0 Å². The fourth-order valence-electron chi connectivity index (χ4n) is 1.28. The van der Waals surface area contributed by atoms with Crippen molar-refractivity contribution in [1.29, 1.82) is 0 Å². The van der Waals surface area contributed by atoms with Gasteiger partial charge in [-0.3, -0.25) is 4.66 Å². The lowest BCUT2D eigenvalue weighted by atomic mass is 10.3. The van der Waals surface area contributed by atoms with E-state index < -0.39 is 0 Å².